The number of aliphatic hydroxyl groups is 1. The summed E-state index contributed by atoms with van der Waals surface area (Å²) in [5, 5.41) is 11.7. The predicted octanol–water partition coefficient (Wildman–Crippen LogP) is 2.56. The Morgan fingerprint density at radius 3 is 2.95 bits per heavy atom. The van der Waals surface area contributed by atoms with Crippen molar-refractivity contribution in [3.63, 3.8) is 0 Å². The van der Waals surface area contributed by atoms with E-state index in [4.69, 9.17) is 16.7 Å². The van der Waals surface area contributed by atoms with Crippen LogP contribution in [-0.2, 0) is 6.54 Å². The molecule has 1 saturated heterocycles. The molecular formula is C12H15ClF2N2O2S. The average Bonchev–Trinajstić information content (AvgIpc) is 2.81. The third-order valence-corrected chi connectivity index (χ3v) is 4.53. The van der Waals surface area contributed by atoms with Gasteiger partial charge in [-0.05, 0) is 12.1 Å². The van der Waals surface area contributed by atoms with Crippen LogP contribution in [0.1, 0.15) is 11.3 Å². The van der Waals surface area contributed by atoms with Gasteiger partial charge in [0.2, 0.25) is 0 Å². The molecular weight excluding hydrogens is 310 g/mol. The van der Waals surface area contributed by atoms with E-state index in [1.54, 1.807) is 12.1 Å². The number of amides is 2. The molecule has 2 N–H and O–H groups in total. The van der Waals surface area contributed by atoms with Crippen LogP contribution in [0.4, 0.5) is 13.6 Å². The van der Waals surface area contributed by atoms with Crippen molar-refractivity contribution < 1.29 is 18.7 Å². The number of halogens is 3. The van der Waals surface area contributed by atoms with Crippen LogP contribution < -0.4 is 5.32 Å². The van der Waals surface area contributed by atoms with E-state index in [-0.39, 0.29) is 13.1 Å². The molecule has 1 aromatic heterocycles. The number of hydrogen-bond donors (Lipinski definition) is 2. The quantitative estimate of drug-likeness (QED) is 0.898. The maximum absolute atomic E-state index is 13.4. The molecule has 0 saturated carbocycles. The van der Waals surface area contributed by atoms with Gasteiger partial charge in [-0.1, -0.05) is 11.6 Å². The van der Waals surface area contributed by atoms with Gasteiger partial charge in [-0.15, -0.1) is 11.3 Å². The smallest absolute Gasteiger partial charge is 0.317 e. The molecule has 1 fully saturated rings. The van der Waals surface area contributed by atoms with Gasteiger partial charge < -0.3 is 15.3 Å². The number of rotatable bonds is 3. The van der Waals surface area contributed by atoms with Crippen molar-refractivity contribution in [3.8, 4) is 0 Å². The number of piperidine rings is 1. The van der Waals surface area contributed by atoms with Crippen LogP contribution in [-0.4, -0.2) is 41.7 Å². The second-order valence-corrected chi connectivity index (χ2v) is 6.50. The lowest BCUT2D eigenvalue weighted by Gasteiger charge is -2.37. The Labute approximate surface area is 124 Å². The SMILES string of the molecule is O=C(NCc1ccc(Cl)s1)N1CCC(F)(F)C(CO)C1. The van der Waals surface area contributed by atoms with Gasteiger partial charge in [-0.3, -0.25) is 0 Å². The van der Waals surface area contributed by atoms with E-state index in [0.29, 0.717) is 10.9 Å². The van der Waals surface area contributed by atoms with Gasteiger partial charge in [-0.25, -0.2) is 13.6 Å². The Morgan fingerprint density at radius 1 is 1.60 bits per heavy atom. The Hall–Kier alpha value is -0.920. The van der Waals surface area contributed by atoms with Crippen LogP contribution >= 0.6 is 22.9 Å². The Kier molecular flexibility index (Phi) is 4.82. The van der Waals surface area contributed by atoms with E-state index in [0.717, 1.165) is 4.88 Å². The van der Waals surface area contributed by atoms with Crippen LogP contribution in [0.15, 0.2) is 12.1 Å². The van der Waals surface area contributed by atoms with Crippen LogP contribution in [0.3, 0.4) is 0 Å². The van der Waals surface area contributed by atoms with Gasteiger partial charge in [0.05, 0.1) is 23.4 Å². The first-order valence-corrected chi connectivity index (χ1v) is 7.37. The second-order valence-electron chi connectivity index (χ2n) is 4.70. The molecule has 1 unspecified atom stereocenters. The van der Waals surface area contributed by atoms with Gasteiger partial charge in [-0.2, -0.15) is 0 Å². The van der Waals surface area contributed by atoms with Gasteiger partial charge in [0.15, 0.2) is 0 Å². The summed E-state index contributed by atoms with van der Waals surface area (Å²) in [6.45, 7) is -0.467. The highest BCUT2D eigenvalue weighted by Crippen LogP contribution is 2.33. The van der Waals surface area contributed by atoms with E-state index in [1.165, 1.54) is 16.2 Å². The highest BCUT2D eigenvalue weighted by molar-refractivity contribution is 7.16. The molecule has 1 aromatic rings. The summed E-state index contributed by atoms with van der Waals surface area (Å²) in [5.41, 5.74) is 0. The molecule has 8 heteroatoms. The van der Waals surface area contributed by atoms with E-state index < -0.39 is 30.9 Å². The molecule has 20 heavy (non-hydrogen) atoms. The van der Waals surface area contributed by atoms with Gasteiger partial charge in [0, 0.05) is 24.4 Å². The maximum atomic E-state index is 13.4. The molecule has 2 rings (SSSR count). The van der Waals surface area contributed by atoms with Gasteiger partial charge in [0.25, 0.3) is 5.92 Å². The average molecular weight is 325 g/mol. The van der Waals surface area contributed by atoms with E-state index in [2.05, 4.69) is 5.32 Å². The van der Waals surface area contributed by atoms with Crippen molar-refractivity contribution >= 4 is 29.0 Å². The monoisotopic (exact) mass is 324 g/mol. The first kappa shape index (κ1) is 15.5. The van der Waals surface area contributed by atoms with E-state index in [9.17, 15) is 13.6 Å². The summed E-state index contributed by atoms with van der Waals surface area (Å²) < 4.78 is 27.5. The van der Waals surface area contributed by atoms with E-state index in [1.807, 2.05) is 0 Å². The summed E-state index contributed by atoms with van der Waals surface area (Å²) in [7, 11) is 0. The van der Waals surface area contributed by atoms with Crippen molar-refractivity contribution in [2.45, 2.75) is 18.9 Å². The molecule has 0 bridgehead atoms. The lowest BCUT2D eigenvalue weighted by molar-refractivity contribution is -0.112. The lowest BCUT2D eigenvalue weighted by atomic mass is 9.94. The number of carbonyl (C=O) groups excluding carboxylic acids is 1. The van der Waals surface area contributed by atoms with Crippen LogP contribution in [0.25, 0.3) is 0 Å². The molecule has 0 radical (unpaired) electrons. The Balaban J connectivity index is 1.87. The maximum Gasteiger partial charge on any atom is 0.317 e. The number of nitrogens with zero attached hydrogens (tertiary/aromatic N) is 1. The number of carbonyl (C=O) groups is 1. The normalized spacial score (nSPS) is 21.8. The van der Waals surface area contributed by atoms with Gasteiger partial charge in [0.1, 0.15) is 0 Å². The van der Waals surface area contributed by atoms with Crippen LogP contribution in [0, 0.1) is 5.92 Å². The second kappa shape index (κ2) is 6.24. The number of likely N-dealkylation sites (tertiary alicyclic amines) is 1. The predicted molar refractivity (Wildman–Crippen MR) is 73.3 cm³/mol. The summed E-state index contributed by atoms with van der Waals surface area (Å²) in [6, 6.07) is 3.13. The topological polar surface area (TPSA) is 52.6 Å². The first-order valence-electron chi connectivity index (χ1n) is 6.18. The zero-order valence-electron chi connectivity index (χ0n) is 10.6. The highest BCUT2D eigenvalue weighted by Gasteiger charge is 2.44. The number of thiophene rings is 1. The molecule has 0 spiro atoms. The number of urea groups is 1. The van der Waals surface area contributed by atoms with Crippen molar-refractivity contribution in [2.24, 2.45) is 5.92 Å². The van der Waals surface area contributed by atoms with Crippen molar-refractivity contribution in [1.82, 2.24) is 10.2 Å². The van der Waals surface area contributed by atoms with E-state index >= 15 is 0 Å². The standard InChI is InChI=1S/C12H15ClF2N2O2S/c13-10-2-1-9(20-10)5-16-11(19)17-4-3-12(14,15)8(6-17)7-18/h1-2,8,18H,3-7H2,(H,16,19). The summed E-state index contributed by atoms with van der Waals surface area (Å²) in [5.74, 6) is -4.11. The molecule has 2 heterocycles. The molecule has 1 aliphatic rings. The Bertz CT molecular complexity index is 484. The summed E-state index contributed by atoms with van der Waals surface area (Å²) in [4.78, 5) is 14.1. The fraction of sp³-hybridized carbons (Fsp3) is 0.583. The largest absolute Gasteiger partial charge is 0.396 e. The first-order chi connectivity index (χ1) is 9.42. The zero-order chi connectivity index (χ0) is 14.8. The fourth-order valence-electron chi connectivity index (χ4n) is 2.08. The molecule has 2 amide bonds. The third-order valence-electron chi connectivity index (χ3n) is 3.30. The molecule has 0 aromatic carbocycles. The third kappa shape index (κ3) is 3.59. The molecule has 4 nitrogen and oxygen atoms in total. The zero-order valence-corrected chi connectivity index (χ0v) is 12.2. The minimum Gasteiger partial charge on any atom is -0.396 e. The summed E-state index contributed by atoms with van der Waals surface area (Å²) >= 11 is 7.13. The fourth-order valence-corrected chi connectivity index (χ4v) is 3.10. The van der Waals surface area contributed by atoms with Crippen molar-refractivity contribution in [2.75, 3.05) is 19.7 Å². The minimum atomic E-state index is -2.91. The number of nitrogens with one attached hydrogen (secondary N) is 1. The number of hydrogen-bond acceptors (Lipinski definition) is 3. The number of aliphatic hydroxyl groups excluding tert-OH is 1. The Morgan fingerprint density at radius 2 is 2.35 bits per heavy atom. The number of alkyl halides is 2. The van der Waals surface area contributed by atoms with Crippen LogP contribution in [0.5, 0.6) is 0 Å². The van der Waals surface area contributed by atoms with Crippen LogP contribution in [0.2, 0.25) is 4.34 Å². The minimum absolute atomic E-state index is 0.0134. The lowest BCUT2D eigenvalue weighted by Crippen LogP contribution is -2.53. The molecule has 0 aliphatic carbocycles. The molecule has 1 aliphatic heterocycles. The molecule has 112 valence electrons. The van der Waals surface area contributed by atoms with Gasteiger partial charge >= 0.3 is 6.03 Å². The summed E-state index contributed by atoms with van der Waals surface area (Å²) in [6.07, 6.45) is -0.420. The highest BCUT2D eigenvalue weighted by atomic mass is 35.5. The van der Waals surface area contributed by atoms with Crippen molar-refractivity contribution in [3.05, 3.63) is 21.3 Å². The molecule has 1 atom stereocenters. The van der Waals surface area contributed by atoms with Crippen molar-refractivity contribution in [1.29, 1.82) is 0 Å².